The molecule has 0 radical (unpaired) electrons. The molecular weight excluding hydrogens is 623 g/mol. The van der Waals surface area contributed by atoms with Crippen LogP contribution in [-0.2, 0) is 32.8 Å². The molecule has 45 heavy (non-hydrogen) atoms. The van der Waals surface area contributed by atoms with E-state index in [1.54, 1.807) is 6.92 Å². The molecule has 1 saturated heterocycles. The standard InChI is InChI=1S/C34H47NO7SSi2/c1-11-22-40-32(39)30(38)35-29(37)28(24(2)42-44(9,10)33(3,4)5)31(35)43-27(36)23-41-45(34(6,7)8,25-18-14-12-15-19-25)26-20-16-13-17-21-26/h11-21,24,28,31H,1,22-23H2,2-10H3/t24-,28+,31-/m1/s1. The Kier molecular flexibility index (Phi) is 11.6. The van der Waals surface area contributed by atoms with E-state index in [1.807, 2.05) is 60.7 Å². The predicted octanol–water partition coefficient (Wildman–Crippen LogP) is 5.27. The van der Waals surface area contributed by atoms with Crippen LogP contribution in [0.2, 0.25) is 23.2 Å². The molecule has 0 N–H and O–H groups in total. The highest BCUT2D eigenvalue weighted by Crippen LogP contribution is 2.44. The third-order valence-electron chi connectivity index (χ3n) is 8.68. The van der Waals surface area contributed by atoms with Gasteiger partial charge in [-0.05, 0) is 40.5 Å². The minimum absolute atomic E-state index is 0.125. The van der Waals surface area contributed by atoms with Gasteiger partial charge in [0.15, 0.2) is 8.32 Å². The van der Waals surface area contributed by atoms with Crippen LogP contribution in [0.25, 0.3) is 0 Å². The van der Waals surface area contributed by atoms with Gasteiger partial charge in [-0.1, -0.05) is 127 Å². The van der Waals surface area contributed by atoms with Gasteiger partial charge < -0.3 is 13.6 Å². The lowest BCUT2D eigenvalue weighted by Crippen LogP contribution is -2.68. The van der Waals surface area contributed by atoms with E-state index in [0.29, 0.717) is 0 Å². The molecule has 0 unspecified atom stereocenters. The number of carbonyl (C=O) groups excluding carboxylic acids is 4. The number of ether oxygens (including phenoxy) is 1. The van der Waals surface area contributed by atoms with Crippen LogP contribution < -0.4 is 10.4 Å². The first-order valence-electron chi connectivity index (χ1n) is 15.2. The van der Waals surface area contributed by atoms with Gasteiger partial charge >= 0.3 is 11.9 Å². The molecule has 0 saturated carbocycles. The minimum atomic E-state index is -3.02. The van der Waals surface area contributed by atoms with Crippen molar-refractivity contribution in [2.24, 2.45) is 5.92 Å². The molecule has 3 rings (SSSR count). The maximum absolute atomic E-state index is 13.8. The third kappa shape index (κ3) is 7.77. The SMILES string of the molecule is C=CCOC(=O)C(=O)N1C(=O)[C@H]([C@@H](C)O[Si](C)(C)C(C)(C)C)[C@H]1SC(=O)CO[Si](c1ccccc1)(c1ccccc1)C(C)(C)C. The van der Waals surface area contributed by atoms with Crippen molar-refractivity contribution in [1.82, 2.24) is 4.90 Å². The lowest BCUT2D eigenvalue weighted by atomic mass is 9.92. The molecule has 0 bridgehead atoms. The van der Waals surface area contributed by atoms with Crippen molar-refractivity contribution in [3.8, 4) is 0 Å². The number of likely N-dealkylation sites (tertiary alicyclic amines) is 1. The molecule has 8 nitrogen and oxygen atoms in total. The lowest BCUT2D eigenvalue weighted by molar-refractivity contribution is -0.174. The molecule has 0 spiro atoms. The Morgan fingerprint density at radius 1 is 0.933 bits per heavy atom. The summed E-state index contributed by atoms with van der Waals surface area (Å²) in [4.78, 5) is 53.6. The van der Waals surface area contributed by atoms with Crippen LogP contribution in [-0.4, -0.2) is 69.1 Å². The molecule has 2 aromatic rings. The fourth-order valence-electron chi connectivity index (χ4n) is 5.37. The average Bonchev–Trinajstić information content (AvgIpc) is 2.95. The Labute approximate surface area is 274 Å². The number of hydrogen-bond donors (Lipinski definition) is 0. The number of β-lactam (4-membered cyclic amide) rings is 1. The van der Waals surface area contributed by atoms with E-state index in [9.17, 15) is 19.2 Å². The highest BCUT2D eigenvalue weighted by molar-refractivity contribution is 8.14. The van der Waals surface area contributed by atoms with E-state index in [4.69, 9.17) is 13.6 Å². The van der Waals surface area contributed by atoms with Gasteiger partial charge in [-0.2, -0.15) is 0 Å². The number of carbonyl (C=O) groups is 4. The molecule has 0 aromatic heterocycles. The molecule has 2 amide bonds. The monoisotopic (exact) mass is 669 g/mol. The third-order valence-corrected chi connectivity index (χ3v) is 19.4. The second kappa shape index (κ2) is 14.3. The van der Waals surface area contributed by atoms with Crippen LogP contribution in [0.3, 0.4) is 0 Å². The van der Waals surface area contributed by atoms with E-state index < -0.39 is 51.8 Å². The van der Waals surface area contributed by atoms with Crippen LogP contribution >= 0.6 is 11.8 Å². The quantitative estimate of drug-likeness (QED) is 0.105. The van der Waals surface area contributed by atoms with Gasteiger partial charge in [0.25, 0.3) is 8.32 Å². The lowest BCUT2D eigenvalue weighted by Gasteiger charge is -2.49. The van der Waals surface area contributed by atoms with Gasteiger partial charge in [0, 0.05) is 0 Å². The van der Waals surface area contributed by atoms with E-state index in [1.165, 1.54) is 6.08 Å². The highest BCUT2D eigenvalue weighted by atomic mass is 32.2. The van der Waals surface area contributed by atoms with Crippen LogP contribution in [0.4, 0.5) is 0 Å². The van der Waals surface area contributed by atoms with Crippen molar-refractivity contribution in [1.29, 1.82) is 0 Å². The molecule has 1 aliphatic rings. The first-order valence-corrected chi connectivity index (χ1v) is 20.9. The normalized spacial score (nSPS) is 18.2. The van der Waals surface area contributed by atoms with E-state index in [-0.39, 0.29) is 28.4 Å². The zero-order valence-electron chi connectivity index (χ0n) is 27.9. The molecular formula is C34H47NO7SSi2. The van der Waals surface area contributed by atoms with Gasteiger partial charge in [0.05, 0.1) is 12.0 Å². The Balaban J connectivity index is 1.93. The minimum Gasteiger partial charge on any atom is -0.454 e. The van der Waals surface area contributed by atoms with Crippen molar-refractivity contribution in [3.63, 3.8) is 0 Å². The van der Waals surface area contributed by atoms with Gasteiger partial charge in [-0.3, -0.25) is 19.3 Å². The summed E-state index contributed by atoms with van der Waals surface area (Å²) in [5.41, 5.74) is 0. The Morgan fingerprint density at radius 3 is 1.89 bits per heavy atom. The van der Waals surface area contributed by atoms with E-state index in [0.717, 1.165) is 27.0 Å². The number of rotatable bonds is 11. The number of amides is 2. The zero-order valence-corrected chi connectivity index (χ0v) is 30.7. The molecule has 3 atom stereocenters. The predicted molar refractivity (Wildman–Crippen MR) is 184 cm³/mol. The summed E-state index contributed by atoms with van der Waals surface area (Å²) >= 11 is 0.829. The van der Waals surface area contributed by atoms with Crippen LogP contribution in [0, 0.1) is 5.92 Å². The number of benzene rings is 2. The topological polar surface area (TPSA) is 99.2 Å². The Bertz CT molecular complexity index is 1350. The second-order valence-electron chi connectivity index (χ2n) is 13.8. The van der Waals surface area contributed by atoms with Crippen molar-refractivity contribution >= 4 is 61.7 Å². The Morgan fingerprint density at radius 2 is 1.44 bits per heavy atom. The number of esters is 1. The fraction of sp³-hybridized carbons (Fsp3) is 0.471. The van der Waals surface area contributed by atoms with Gasteiger partial charge in [0.1, 0.15) is 18.6 Å². The molecule has 1 fully saturated rings. The molecule has 1 aliphatic heterocycles. The summed E-state index contributed by atoms with van der Waals surface area (Å²) in [6.45, 7) is 21.6. The van der Waals surface area contributed by atoms with Gasteiger partial charge in [-0.15, -0.1) is 0 Å². The highest BCUT2D eigenvalue weighted by Gasteiger charge is 2.58. The zero-order chi connectivity index (χ0) is 33.8. The van der Waals surface area contributed by atoms with E-state index >= 15 is 0 Å². The van der Waals surface area contributed by atoms with Crippen LogP contribution in [0.5, 0.6) is 0 Å². The van der Waals surface area contributed by atoms with E-state index in [2.05, 4.69) is 61.2 Å². The van der Waals surface area contributed by atoms with Gasteiger partial charge in [0.2, 0.25) is 11.0 Å². The van der Waals surface area contributed by atoms with Crippen LogP contribution in [0.1, 0.15) is 48.5 Å². The molecule has 11 heteroatoms. The molecule has 244 valence electrons. The second-order valence-corrected chi connectivity index (χ2v) is 24.1. The van der Waals surface area contributed by atoms with Crippen LogP contribution in [0.15, 0.2) is 73.3 Å². The van der Waals surface area contributed by atoms with Crippen molar-refractivity contribution < 1.29 is 32.8 Å². The molecule has 1 heterocycles. The first-order chi connectivity index (χ1) is 20.9. The van der Waals surface area contributed by atoms with Crippen molar-refractivity contribution in [2.75, 3.05) is 13.2 Å². The summed E-state index contributed by atoms with van der Waals surface area (Å²) in [5, 5.41) is 0.268. The maximum Gasteiger partial charge on any atom is 0.397 e. The summed E-state index contributed by atoms with van der Waals surface area (Å²) in [6.07, 6.45) is 0.744. The van der Waals surface area contributed by atoms with Crippen molar-refractivity contribution in [3.05, 3.63) is 73.3 Å². The van der Waals surface area contributed by atoms with Gasteiger partial charge in [-0.25, -0.2) is 4.79 Å². The number of hydrogen-bond acceptors (Lipinski definition) is 8. The maximum atomic E-state index is 13.8. The number of thioether (sulfide) groups is 1. The van der Waals surface area contributed by atoms with Crippen molar-refractivity contribution in [2.45, 2.75) is 83.1 Å². The first kappa shape index (κ1) is 36.6. The Hall–Kier alpha value is -2.84. The summed E-state index contributed by atoms with van der Waals surface area (Å²) in [5.74, 6) is -3.67. The molecule has 2 aromatic carbocycles. The smallest absolute Gasteiger partial charge is 0.397 e. The number of nitrogens with zero attached hydrogens (tertiary/aromatic N) is 1. The fourth-order valence-corrected chi connectivity index (χ4v) is 12.6. The molecule has 0 aliphatic carbocycles. The largest absolute Gasteiger partial charge is 0.454 e. The summed E-state index contributed by atoms with van der Waals surface area (Å²) < 4.78 is 18.2. The number of imide groups is 1. The summed E-state index contributed by atoms with van der Waals surface area (Å²) in [6, 6.07) is 19.9. The summed E-state index contributed by atoms with van der Waals surface area (Å²) in [7, 11) is -5.32. The average molecular weight is 670 g/mol.